The number of aryl methyl sites for hydroxylation is 1. The van der Waals surface area contributed by atoms with Crippen LogP contribution >= 0.6 is 0 Å². The molecule has 2 aromatic carbocycles. The van der Waals surface area contributed by atoms with E-state index in [9.17, 15) is 18.0 Å². The molecule has 0 fully saturated rings. The second-order valence-electron chi connectivity index (χ2n) is 6.21. The van der Waals surface area contributed by atoms with Gasteiger partial charge < -0.3 is 20.7 Å². The van der Waals surface area contributed by atoms with Gasteiger partial charge >= 0.3 is 12.1 Å². The zero-order valence-corrected chi connectivity index (χ0v) is 16.1. The standard InChI is InChI=1S/C18H18N4O.C2HF3O2/c1-12-13(2)22(11-20-12)17-8-6-16(7-9-17)21-18(23)14-4-3-5-15(19)10-14;3-2(4,5)1(6)7/h3-11H,19H2,1-2H3,(H,21,23);(H,6,7). The van der Waals surface area contributed by atoms with Gasteiger partial charge in [0.1, 0.15) is 0 Å². The van der Waals surface area contributed by atoms with Crippen molar-refractivity contribution in [3.63, 3.8) is 0 Å². The average molecular weight is 420 g/mol. The number of amides is 1. The molecular formula is C20H19F3N4O3. The van der Waals surface area contributed by atoms with E-state index in [4.69, 9.17) is 15.6 Å². The van der Waals surface area contributed by atoms with Gasteiger partial charge in [0.25, 0.3) is 5.91 Å². The Labute approximate surface area is 170 Å². The molecule has 0 radical (unpaired) electrons. The lowest BCUT2D eigenvalue weighted by molar-refractivity contribution is -0.192. The number of nitrogens with two attached hydrogens (primary N) is 1. The number of hydrogen-bond donors (Lipinski definition) is 3. The highest BCUT2D eigenvalue weighted by atomic mass is 19.4. The molecule has 0 unspecified atom stereocenters. The topological polar surface area (TPSA) is 110 Å². The van der Waals surface area contributed by atoms with Crippen LogP contribution in [-0.4, -0.2) is 32.7 Å². The molecule has 0 saturated carbocycles. The Morgan fingerprint density at radius 2 is 1.70 bits per heavy atom. The number of nitrogen functional groups attached to an aromatic ring is 1. The van der Waals surface area contributed by atoms with E-state index in [1.165, 1.54) is 0 Å². The van der Waals surface area contributed by atoms with Crippen molar-refractivity contribution in [2.45, 2.75) is 20.0 Å². The second-order valence-corrected chi connectivity index (χ2v) is 6.21. The summed E-state index contributed by atoms with van der Waals surface area (Å²) >= 11 is 0. The Hall–Kier alpha value is -3.82. The molecule has 0 aliphatic rings. The van der Waals surface area contributed by atoms with E-state index >= 15 is 0 Å². The minimum Gasteiger partial charge on any atom is -0.475 e. The normalized spacial score (nSPS) is 10.7. The highest BCUT2D eigenvalue weighted by molar-refractivity contribution is 6.04. The molecule has 7 nitrogen and oxygen atoms in total. The van der Waals surface area contributed by atoms with E-state index in [0.717, 1.165) is 22.8 Å². The summed E-state index contributed by atoms with van der Waals surface area (Å²) in [7, 11) is 0. The number of hydrogen-bond acceptors (Lipinski definition) is 4. The van der Waals surface area contributed by atoms with Crippen molar-refractivity contribution in [1.29, 1.82) is 0 Å². The number of anilines is 2. The van der Waals surface area contributed by atoms with E-state index in [-0.39, 0.29) is 5.91 Å². The fourth-order valence-electron chi connectivity index (χ4n) is 2.35. The largest absolute Gasteiger partial charge is 0.490 e. The monoisotopic (exact) mass is 420 g/mol. The molecule has 0 bridgehead atoms. The second kappa shape index (κ2) is 9.12. The number of halogens is 3. The summed E-state index contributed by atoms with van der Waals surface area (Å²) in [6, 6.07) is 14.5. The minimum absolute atomic E-state index is 0.181. The van der Waals surface area contributed by atoms with Crippen molar-refractivity contribution < 1.29 is 27.9 Å². The van der Waals surface area contributed by atoms with Crippen LogP contribution in [0, 0.1) is 13.8 Å². The van der Waals surface area contributed by atoms with Gasteiger partial charge in [-0.15, -0.1) is 0 Å². The maximum atomic E-state index is 12.2. The van der Waals surface area contributed by atoms with Crippen LogP contribution in [-0.2, 0) is 4.79 Å². The molecule has 30 heavy (non-hydrogen) atoms. The van der Waals surface area contributed by atoms with E-state index < -0.39 is 12.1 Å². The van der Waals surface area contributed by atoms with Gasteiger partial charge in [-0.25, -0.2) is 9.78 Å². The first-order valence-corrected chi connectivity index (χ1v) is 8.57. The lowest BCUT2D eigenvalue weighted by atomic mass is 10.2. The summed E-state index contributed by atoms with van der Waals surface area (Å²) in [6.07, 6.45) is -3.29. The van der Waals surface area contributed by atoms with Gasteiger partial charge in [0.05, 0.1) is 12.0 Å². The molecule has 0 atom stereocenters. The number of nitrogens with one attached hydrogen (secondary N) is 1. The molecule has 0 saturated heterocycles. The van der Waals surface area contributed by atoms with Crippen molar-refractivity contribution in [3.05, 3.63) is 71.8 Å². The number of carboxylic acid groups (broad SMARTS) is 1. The Bertz CT molecular complexity index is 1040. The summed E-state index contributed by atoms with van der Waals surface area (Å²) in [6.45, 7) is 4.00. The summed E-state index contributed by atoms with van der Waals surface area (Å²) in [5, 5.41) is 9.99. The smallest absolute Gasteiger partial charge is 0.475 e. The van der Waals surface area contributed by atoms with E-state index in [1.54, 1.807) is 30.6 Å². The summed E-state index contributed by atoms with van der Waals surface area (Å²) in [5.74, 6) is -2.94. The van der Waals surface area contributed by atoms with Gasteiger partial charge in [0.2, 0.25) is 0 Å². The lowest BCUT2D eigenvalue weighted by Crippen LogP contribution is -2.21. The highest BCUT2D eigenvalue weighted by Crippen LogP contribution is 2.18. The first-order chi connectivity index (χ1) is 14.0. The molecule has 0 aliphatic heterocycles. The third-order valence-corrected chi connectivity index (χ3v) is 4.05. The first-order valence-electron chi connectivity index (χ1n) is 8.57. The third kappa shape index (κ3) is 5.84. The number of alkyl halides is 3. The number of aromatic nitrogens is 2. The number of carbonyl (C=O) groups is 2. The summed E-state index contributed by atoms with van der Waals surface area (Å²) in [5.41, 5.74) is 10.6. The van der Waals surface area contributed by atoms with Crippen molar-refractivity contribution in [2.24, 2.45) is 0 Å². The number of carbonyl (C=O) groups excluding carboxylic acids is 1. The van der Waals surface area contributed by atoms with Crippen molar-refractivity contribution >= 4 is 23.3 Å². The van der Waals surface area contributed by atoms with E-state index in [1.807, 2.05) is 42.7 Å². The first kappa shape index (κ1) is 22.5. The van der Waals surface area contributed by atoms with E-state index in [2.05, 4.69) is 10.3 Å². The number of benzene rings is 2. The van der Waals surface area contributed by atoms with Gasteiger partial charge in [0, 0.05) is 28.3 Å². The van der Waals surface area contributed by atoms with Crippen LogP contribution in [0.2, 0.25) is 0 Å². The van der Waals surface area contributed by atoms with Gasteiger partial charge in [-0.3, -0.25) is 4.79 Å². The average Bonchev–Trinajstić information content (AvgIpc) is 3.01. The van der Waals surface area contributed by atoms with Crippen LogP contribution in [0.4, 0.5) is 24.5 Å². The van der Waals surface area contributed by atoms with Gasteiger partial charge in [-0.1, -0.05) is 6.07 Å². The van der Waals surface area contributed by atoms with Gasteiger partial charge in [-0.2, -0.15) is 13.2 Å². The molecule has 0 spiro atoms. The quantitative estimate of drug-likeness (QED) is 0.556. The lowest BCUT2D eigenvalue weighted by Gasteiger charge is -2.09. The molecular weight excluding hydrogens is 401 g/mol. The van der Waals surface area contributed by atoms with Crippen molar-refractivity contribution in [2.75, 3.05) is 11.1 Å². The Morgan fingerprint density at radius 1 is 1.10 bits per heavy atom. The predicted molar refractivity (Wildman–Crippen MR) is 106 cm³/mol. The maximum absolute atomic E-state index is 12.2. The van der Waals surface area contributed by atoms with Crippen LogP contribution in [0.1, 0.15) is 21.7 Å². The highest BCUT2D eigenvalue weighted by Gasteiger charge is 2.38. The van der Waals surface area contributed by atoms with Crippen molar-refractivity contribution in [3.8, 4) is 5.69 Å². The van der Waals surface area contributed by atoms with Crippen molar-refractivity contribution in [1.82, 2.24) is 9.55 Å². The number of carboxylic acids is 1. The fourth-order valence-corrected chi connectivity index (χ4v) is 2.35. The molecule has 3 aromatic rings. The van der Waals surface area contributed by atoms with Crippen LogP contribution < -0.4 is 11.1 Å². The SMILES string of the molecule is Cc1ncn(-c2ccc(NC(=O)c3cccc(N)c3)cc2)c1C.O=C(O)C(F)(F)F. The molecule has 4 N–H and O–H groups in total. The number of imidazole rings is 1. The summed E-state index contributed by atoms with van der Waals surface area (Å²) < 4.78 is 33.7. The fraction of sp³-hybridized carbons (Fsp3) is 0.150. The Morgan fingerprint density at radius 3 is 2.17 bits per heavy atom. The van der Waals surface area contributed by atoms with Crippen LogP contribution in [0.3, 0.4) is 0 Å². The van der Waals surface area contributed by atoms with Crippen LogP contribution in [0.25, 0.3) is 5.69 Å². The number of nitrogens with zero attached hydrogens (tertiary/aromatic N) is 2. The Kier molecular flexibility index (Phi) is 6.83. The summed E-state index contributed by atoms with van der Waals surface area (Å²) in [4.78, 5) is 25.4. The van der Waals surface area contributed by atoms with Crippen LogP contribution in [0.15, 0.2) is 54.9 Å². The predicted octanol–water partition coefficient (Wildman–Crippen LogP) is 3.96. The minimum atomic E-state index is -5.08. The molecule has 0 aliphatic carbocycles. The molecule has 10 heteroatoms. The van der Waals surface area contributed by atoms with Gasteiger partial charge in [0.15, 0.2) is 0 Å². The van der Waals surface area contributed by atoms with Crippen LogP contribution in [0.5, 0.6) is 0 Å². The molecule has 1 heterocycles. The zero-order chi connectivity index (χ0) is 22.5. The molecule has 158 valence electrons. The maximum Gasteiger partial charge on any atom is 0.490 e. The third-order valence-electron chi connectivity index (χ3n) is 4.05. The molecule has 1 amide bonds. The Balaban J connectivity index is 0.000000396. The molecule has 3 rings (SSSR count). The van der Waals surface area contributed by atoms with E-state index in [0.29, 0.717) is 11.3 Å². The zero-order valence-electron chi connectivity index (χ0n) is 16.1. The number of rotatable bonds is 3. The molecule has 1 aromatic heterocycles. The number of aliphatic carboxylic acids is 1. The van der Waals surface area contributed by atoms with Gasteiger partial charge in [-0.05, 0) is 56.3 Å².